The van der Waals surface area contributed by atoms with Gasteiger partial charge < -0.3 is 9.47 Å². The number of nitrogens with one attached hydrogen (secondary N) is 1. The second kappa shape index (κ2) is 7.09. The van der Waals surface area contributed by atoms with Gasteiger partial charge in [-0.1, -0.05) is 18.2 Å². The number of ether oxygens (including phenoxy) is 2. The summed E-state index contributed by atoms with van der Waals surface area (Å²) in [4.78, 5) is 4.13. The highest BCUT2D eigenvalue weighted by molar-refractivity contribution is 5.63. The molecule has 1 N–H and O–H groups in total. The lowest BCUT2D eigenvalue weighted by molar-refractivity contribution is 0.217. The molecule has 3 rings (SSSR count). The van der Waals surface area contributed by atoms with Crippen molar-refractivity contribution in [2.24, 2.45) is 0 Å². The highest BCUT2D eigenvalue weighted by Gasteiger charge is 2.08. The molecule has 0 saturated carbocycles. The maximum absolute atomic E-state index is 8.86. The van der Waals surface area contributed by atoms with Crippen LogP contribution in [0, 0.1) is 11.3 Å². The Hall–Kier alpha value is -3.33. The summed E-state index contributed by atoms with van der Waals surface area (Å²) in [6.07, 6.45) is 1.46. The number of nitrogens with zero attached hydrogens (tertiary/aromatic N) is 3. The molecule has 0 aliphatic heterocycles. The Labute approximate surface area is 133 Å². The quantitative estimate of drug-likeness (QED) is 0.708. The van der Waals surface area contributed by atoms with E-state index in [1.165, 1.54) is 6.33 Å². The van der Waals surface area contributed by atoms with Gasteiger partial charge in [-0.3, -0.25) is 5.10 Å². The third kappa shape index (κ3) is 3.66. The average Bonchev–Trinajstić information content (AvgIpc) is 3.14. The van der Waals surface area contributed by atoms with Crippen molar-refractivity contribution in [2.75, 3.05) is 13.2 Å². The van der Waals surface area contributed by atoms with Gasteiger partial charge in [-0.25, -0.2) is 4.98 Å². The molecule has 6 heteroatoms. The van der Waals surface area contributed by atoms with Crippen LogP contribution in [0.4, 0.5) is 0 Å². The minimum atomic E-state index is 0.375. The summed E-state index contributed by atoms with van der Waals surface area (Å²) in [5, 5.41) is 15.5. The Morgan fingerprint density at radius 2 is 1.91 bits per heavy atom. The fourth-order valence-corrected chi connectivity index (χ4v) is 2.09. The molecule has 6 nitrogen and oxygen atoms in total. The van der Waals surface area contributed by atoms with Crippen LogP contribution in [0.25, 0.3) is 11.4 Å². The molecule has 0 spiro atoms. The number of para-hydroxylation sites is 1. The third-order valence-electron chi connectivity index (χ3n) is 3.13. The van der Waals surface area contributed by atoms with Crippen molar-refractivity contribution in [3.8, 4) is 29.0 Å². The number of hydrogen-bond acceptors (Lipinski definition) is 5. The van der Waals surface area contributed by atoms with Crippen LogP contribution >= 0.6 is 0 Å². The Bertz CT molecular complexity index is 809. The Morgan fingerprint density at radius 3 is 2.74 bits per heavy atom. The molecular formula is C17H14N4O2. The van der Waals surface area contributed by atoms with Crippen LogP contribution in [0.2, 0.25) is 0 Å². The summed E-state index contributed by atoms with van der Waals surface area (Å²) in [7, 11) is 0. The van der Waals surface area contributed by atoms with Crippen molar-refractivity contribution < 1.29 is 9.47 Å². The second-order valence-corrected chi connectivity index (χ2v) is 4.67. The van der Waals surface area contributed by atoms with Crippen molar-refractivity contribution >= 4 is 0 Å². The maximum Gasteiger partial charge on any atom is 0.159 e. The number of nitriles is 1. The van der Waals surface area contributed by atoms with E-state index in [4.69, 9.17) is 14.7 Å². The lowest BCUT2D eigenvalue weighted by Crippen LogP contribution is -2.09. The molecule has 114 valence electrons. The first kappa shape index (κ1) is 14.6. The minimum Gasteiger partial charge on any atom is -0.490 e. The van der Waals surface area contributed by atoms with Gasteiger partial charge in [-0.05, 0) is 30.3 Å². The smallest absolute Gasteiger partial charge is 0.159 e. The van der Waals surface area contributed by atoms with E-state index in [-0.39, 0.29) is 0 Å². The molecule has 23 heavy (non-hydrogen) atoms. The third-order valence-corrected chi connectivity index (χ3v) is 3.13. The van der Waals surface area contributed by atoms with Crippen molar-refractivity contribution in [3.63, 3.8) is 0 Å². The first-order valence-corrected chi connectivity index (χ1v) is 7.07. The molecule has 0 aliphatic rings. The van der Waals surface area contributed by atoms with Crippen molar-refractivity contribution in [1.82, 2.24) is 15.2 Å². The number of hydrogen-bond donors (Lipinski definition) is 1. The second-order valence-electron chi connectivity index (χ2n) is 4.67. The van der Waals surface area contributed by atoms with Gasteiger partial charge in [0.15, 0.2) is 5.82 Å². The average molecular weight is 306 g/mol. The number of benzene rings is 2. The van der Waals surface area contributed by atoms with Crippen LogP contribution in [0.1, 0.15) is 5.56 Å². The molecule has 0 amide bonds. The number of H-pyrrole nitrogens is 1. The Morgan fingerprint density at radius 1 is 1.04 bits per heavy atom. The SMILES string of the molecule is N#Cc1cccc(OCCOc2ccccc2-c2ncn[nH]2)c1. The van der Waals surface area contributed by atoms with Crippen LogP contribution in [0.3, 0.4) is 0 Å². The fraction of sp³-hybridized carbons (Fsp3) is 0.118. The lowest BCUT2D eigenvalue weighted by Gasteiger charge is -2.11. The van der Waals surface area contributed by atoms with E-state index >= 15 is 0 Å². The predicted octanol–water partition coefficient (Wildman–Crippen LogP) is 2.80. The van der Waals surface area contributed by atoms with Crippen molar-refractivity contribution in [3.05, 3.63) is 60.4 Å². The largest absolute Gasteiger partial charge is 0.490 e. The Kier molecular flexibility index (Phi) is 4.50. The summed E-state index contributed by atoms with van der Waals surface area (Å²) >= 11 is 0. The molecule has 0 radical (unpaired) electrons. The monoisotopic (exact) mass is 306 g/mol. The molecule has 2 aromatic carbocycles. The molecule has 3 aromatic rings. The predicted molar refractivity (Wildman–Crippen MR) is 84.0 cm³/mol. The maximum atomic E-state index is 8.86. The number of rotatable bonds is 6. The van der Waals surface area contributed by atoms with E-state index < -0.39 is 0 Å². The van der Waals surface area contributed by atoms with Gasteiger partial charge >= 0.3 is 0 Å². The zero-order valence-corrected chi connectivity index (χ0v) is 12.3. The van der Waals surface area contributed by atoms with E-state index in [1.54, 1.807) is 18.2 Å². The number of aromatic amines is 1. The highest BCUT2D eigenvalue weighted by Crippen LogP contribution is 2.26. The summed E-state index contributed by atoms with van der Waals surface area (Å²) in [5.41, 5.74) is 1.41. The standard InChI is InChI=1S/C17H14N4O2/c18-11-13-4-3-5-14(10-13)22-8-9-23-16-7-2-1-6-15(16)17-19-12-20-21-17/h1-7,10,12H,8-9H2,(H,19,20,21). The molecule has 0 fully saturated rings. The van der Waals surface area contributed by atoms with Gasteiger partial charge in [-0.15, -0.1) is 0 Å². The summed E-state index contributed by atoms with van der Waals surface area (Å²) in [6, 6.07) is 16.7. The van der Waals surface area contributed by atoms with Gasteiger partial charge in [0, 0.05) is 0 Å². The van der Waals surface area contributed by atoms with Crippen LogP contribution in [-0.2, 0) is 0 Å². The van der Waals surface area contributed by atoms with Gasteiger partial charge in [0.1, 0.15) is 31.0 Å². The molecule has 0 bridgehead atoms. The number of aromatic nitrogens is 3. The normalized spacial score (nSPS) is 10.0. The van der Waals surface area contributed by atoms with Crippen molar-refractivity contribution in [1.29, 1.82) is 5.26 Å². The molecule has 1 heterocycles. The topological polar surface area (TPSA) is 83.8 Å². The fourth-order valence-electron chi connectivity index (χ4n) is 2.09. The van der Waals surface area contributed by atoms with Gasteiger partial charge in [0.2, 0.25) is 0 Å². The van der Waals surface area contributed by atoms with Gasteiger partial charge in [0.25, 0.3) is 0 Å². The molecule has 1 aromatic heterocycles. The lowest BCUT2D eigenvalue weighted by atomic mass is 10.2. The van der Waals surface area contributed by atoms with E-state index in [1.807, 2.05) is 30.3 Å². The molecular weight excluding hydrogens is 292 g/mol. The van der Waals surface area contributed by atoms with Crippen LogP contribution in [-0.4, -0.2) is 28.4 Å². The van der Waals surface area contributed by atoms with Gasteiger partial charge in [0.05, 0.1) is 17.2 Å². The van der Waals surface area contributed by atoms with Crippen molar-refractivity contribution in [2.45, 2.75) is 0 Å². The summed E-state index contributed by atoms with van der Waals surface area (Å²) in [5.74, 6) is 2.01. The van der Waals surface area contributed by atoms with Crippen LogP contribution < -0.4 is 9.47 Å². The van der Waals surface area contributed by atoms with E-state index in [2.05, 4.69) is 21.3 Å². The molecule has 0 atom stereocenters. The molecule has 0 saturated heterocycles. The first-order chi connectivity index (χ1) is 11.4. The zero-order valence-electron chi connectivity index (χ0n) is 12.3. The highest BCUT2D eigenvalue weighted by atomic mass is 16.5. The first-order valence-electron chi connectivity index (χ1n) is 7.07. The Balaban J connectivity index is 1.58. The summed E-state index contributed by atoms with van der Waals surface area (Å²) < 4.78 is 11.4. The zero-order chi connectivity index (χ0) is 15.9. The molecule has 0 unspecified atom stereocenters. The molecule has 0 aliphatic carbocycles. The van der Waals surface area contributed by atoms with Crippen LogP contribution in [0.5, 0.6) is 11.5 Å². The van der Waals surface area contributed by atoms with E-state index in [0.29, 0.717) is 36.1 Å². The minimum absolute atomic E-state index is 0.375. The van der Waals surface area contributed by atoms with E-state index in [9.17, 15) is 0 Å². The van der Waals surface area contributed by atoms with Gasteiger partial charge in [-0.2, -0.15) is 10.4 Å². The summed E-state index contributed by atoms with van der Waals surface area (Å²) in [6.45, 7) is 0.752. The van der Waals surface area contributed by atoms with Crippen LogP contribution in [0.15, 0.2) is 54.9 Å². The van der Waals surface area contributed by atoms with E-state index in [0.717, 1.165) is 5.56 Å².